The quantitative estimate of drug-likeness (QED) is 0.491. The van der Waals surface area contributed by atoms with E-state index in [1.165, 1.54) is 10.6 Å². The van der Waals surface area contributed by atoms with Gasteiger partial charge in [0.1, 0.15) is 0 Å². The maximum absolute atomic E-state index is 9.31. The van der Waals surface area contributed by atoms with Gasteiger partial charge in [0, 0.05) is 25.9 Å². The predicted octanol–water partition coefficient (Wildman–Crippen LogP) is 2.48. The standard InChI is InChI=1S/C9H22O3Si.FSi/c1-5-9-13(10-6-2,11-7-3)12-8-4;1-2/h5-9H2,1-4H3;. The normalized spacial score (nSPS) is 10.8. The van der Waals surface area contributed by atoms with Crippen LogP contribution in [0.2, 0.25) is 6.04 Å². The maximum Gasteiger partial charge on any atom is 0.500 e. The molecule has 0 aromatic rings. The SMILES string of the molecule is CCC[Si](OCC)(OCC)OCC.F[Si]. The van der Waals surface area contributed by atoms with Crippen LogP contribution in [0, 0.1) is 0 Å². The van der Waals surface area contributed by atoms with E-state index in [4.69, 9.17) is 13.3 Å². The molecule has 91 valence electrons. The fraction of sp³-hybridized carbons (Fsp3) is 1.00. The average Bonchev–Trinajstić information content (AvgIpc) is 2.22. The summed E-state index contributed by atoms with van der Waals surface area (Å²) in [6.45, 7) is 10.1. The Morgan fingerprint density at radius 2 is 1.20 bits per heavy atom. The zero-order valence-corrected chi connectivity index (χ0v) is 12.1. The van der Waals surface area contributed by atoms with Crippen LogP contribution in [0.3, 0.4) is 0 Å². The van der Waals surface area contributed by atoms with Crippen molar-refractivity contribution in [2.45, 2.75) is 40.2 Å². The monoisotopic (exact) mass is 253 g/mol. The van der Waals surface area contributed by atoms with Gasteiger partial charge in [0.2, 0.25) is 0 Å². The fourth-order valence-corrected chi connectivity index (χ4v) is 3.92. The number of hydrogen-bond donors (Lipinski definition) is 0. The van der Waals surface area contributed by atoms with Gasteiger partial charge in [0.15, 0.2) is 0 Å². The van der Waals surface area contributed by atoms with Crippen LogP contribution in [0.4, 0.5) is 4.11 Å². The molecule has 0 bridgehead atoms. The highest BCUT2D eigenvalue weighted by Gasteiger charge is 2.38. The van der Waals surface area contributed by atoms with Crippen LogP contribution in [0.25, 0.3) is 0 Å². The van der Waals surface area contributed by atoms with E-state index in [0.29, 0.717) is 19.8 Å². The average molecular weight is 253 g/mol. The van der Waals surface area contributed by atoms with E-state index in [1.807, 2.05) is 20.8 Å². The first-order valence-corrected chi connectivity index (χ1v) is 7.66. The predicted molar refractivity (Wildman–Crippen MR) is 62.6 cm³/mol. The topological polar surface area (TPSA) is 27.7 Å². The Morgan fingerprint density at radius 1 is 0.867 bits per heavy atom. The molecule has 0 aliphatic rings. The van der Waals surface area contributed by atoms with Crippen LogP contribution in [0.15, 0.2) is 0 Å². The highest BCUT2D eigenvalue weighted by atomic mass is 28.4. The molecule has 0 aromatic carbocycles. The molecule has 0 fully saturated rings. The molecule has 0 atom stereocenters. The Kier molecular flexibility index (Phi) is 14.5. The highest BCUT2D eigenvalue weighted by molar-refractivity contribution is 6.60. The lowest BCUT2D eigenvalue weighted by Gasteiger charge is -2.27. The van der Waals surface area contributed by atoms with Crippen molar-refractivity contribution in [3.63, 3.8) is 0 Å². The minimum atomic E-state index is -2.30. The van der Waals surface area contributed by atoms with Crippen LogP contribution in [0.1, 0.15) is 34.1 Å². The summed E-state index contributed by atoms with van der Waals surface area (Å²) in [6.07, 6.45) is 1.05. The lowest BCUT2D eigenvalue weighted by atomic mass is 10.6. The van der Waals surface area contributed by atoms with Gasteiger partial charge in [-0.25, -0.2) is 0 Å². The van der Waals surface area contributed by atoms with E-state index < -0.39 is 8.80 Å². The van der Waals surface area contributed by atoms with Gasteiger partial charge in [-0.05, 0) is 20.8 Å². The Hall–Kier alpha value is 0.244. The van der Waals surface area contributed by atoms with Gasteiger partial charge in [0.25, 0.3) is 0 Å². The summed E-state index contributed by atoms with van der Waals surface area (Å²) >= 11 is 0. The van der Waals surface area contributed by atoms with Crippen molar-refractivity contribution in [1.29, 1.82) is 0 Å². The minimum absolute atomic E-state index is 0.673. The van der Waals surface area contributed by atoms with E-state index in [2.05, 4.69) is 6.92 Å². The molecule has 0 rings (SSSR count). The maximum atomic E-state index is 9.31. The molecule has 0 amide bonds. The minimum Gasteiger partial charge on any atom is -0.374 e. The Bertz CT molecular complexity index is 98.4. The van der Waals surface area contributed by atoms with Crippen molar-refractivity contribution in [3.05, 3.63) is 0 Å². The van der Waals surface area contributed by atoms with Crippen molar-refractivity contribution in [1.82, 2.24) is 0 Å². The zero-order valence-electron chi connectivity index (χ0n) is 10.1. The summed E-state index contributed by atoms with van der Waals surface area (Å²) in [5.41, 5.74) is 0. The second-order valence-electron chi connectivity index (χ2n) is 2.73. The van der Waals surface area contributed by atoms with Gasteiger partial charge in [-0.3, -0.25) is 0 Å². The summed E-state index contributed by atoms with van der Waals surface area (Å²) in [5, 5.41) is 0. The van der Waals surface area contributed by atoms with E-state index >= 15 is 0 Å². The van der Waals surface area contributed by atoms with Gasteiger partial charge < -0.3 is 17.4 Å². The number of halogens is 1. The molecule has 15 heavy (non-hydrogen) atoms. The van der Waals surface area contributed by atoms with Crippen molar-refractivity contribution in [2.24, 2.45) is 0 Å². The summed E-state index contributed by atoms with van der Waals surface area (Å²) < 4.78 is 26.2. The molecule has 3 radical (unpaired) electrons. The third-order valence-corrected chi connectivity index (χ3v) is 4.95. The summed E-state index contributed by atoms with van der Waals surface area (Å²) in [4.78, 5) is 0. The van der Waals surface area contributed by atoms with Gasteiger partial charge in [-0.1, -0.05) is 13.3 Å². The van der Waals surface area contributed by atoms with Crippen molar-refractivity contribution in [2.75, 3.05) is 19.8 Å². The molecule has 0 heterocycles. The second kappa shape index (κ2) is 12.3. The fourth-order valence-electron chi connectivity index (χ4n) is 1.31. The van der Waals surface area contributed by atoms with E-state index in [9.17, 15) is 4.11 Å². The molecule has 0 aliphatic heterocycles. The largest absolute Gasteiger partial charge is 0.500 e. The molecule has 6 heteroatoms. The summed E-state index contributed by atoms with van der Waals surface area (Å²) in [5.74, 6) is 0. The third-order valence-electron chi connectivity index (χ3n) is 1.65. The van der Waals surface area contributed by atoms with Crippen LogP contribution in [-0.2, 0) is 13.3 Å². The molecule has 3 nitrogen and oxygen atoms in total. The lowest BCUT2D eigenvalue weighted by Crippen LogP contribution is -2.45. The van der Waals surface area contributed by atoms with Gasteiger partial charge >= 0.3 is 19.4 Å². The van der Waals surface area contributed by atoms with Crippen LogP contribution in [0.5, 0.6) is 0 Å². The van der Waals surface area contributed by atoms with Gasteiger partial charge in [0.05, 0.1) is 0 Å². The molecule has 0 unspecified atom stereocenters. The number of hydrogen-bond acceptors (Lipinski definition) is 3. The first kappa shape index (κ1) is 17.6. The molecular weight excluding hydrogens is 231 g/mol. The Morgan fingerprint density at radius 3 is 1.40 bits per heavy atom. The smallest absolute Gasteiger partial charge is 0.374 e. The summed E-state index contributed by atoms with van der Waals surface area (Å²) in [7, 11) is -0.823. The first-order valence-electron chi connectivity index (χ1n) is 5.35. The van der Waals surface area contributed by atoms with E-state index in [-0.39, 0.29) is 0 Å². The molecule has 0 aliphatic carbocycles. The second-order valence-corrected chi connectivity index (χ2v) is 5.46. The van der Waals surface area contributed by atoms with E-state index in [0.717, 1.165) is 12.5 Å². The van der Waals surface area contributed by atoms with Crippen LogP contribution < -0.4 is 0 Å². The van der Waals surface area contributed by atoms with Gasteiger partial charge in [-0.2, -0.15) is 0 Å². The Labute approximate surface area is 97.3 Å². The van der Waals surface area contributed by atoms with Crippen molar-refractivity contribution >= 4 is 19.4 Å². The lowest BCUT2D eigenvalue weighted by molar-refractivity contribution is 0.0712. The van der Waals surface area contributed by atoms with Gasteiger partial charge in [-0.15, -0.1) is 0 Å². The number of rotatable bonds is 8. The van der Waals surface area contributed by atoms with Crippen LogP contribution in [-0.4, -0.2) is 39.2 Å². The molecule has 0 saturated heterocycles. The molecule has 0 saturated carbocycles. The molecule has 0 N–H and O–H groups in total. The van der Waals surface area contributed by atoms with Crippen LogP contribution >= 0.6 is 0 Å². The zero-order chi connectivity index (χ0) is 12.2. The molecule has 0 spiro atoms. The van der Waals surface area contributed by atoms with Crippen molar-refractivity contribution < 1.29 is 17.4 Å². The molecular formula is C9H22FO3Si2. The van der Waals surface area contributed by atoms with Crippen molar-refractivity contribution in [3.8, 4) is 0 Å². The first-order chi connectivity index (χ1) is 7.24. The Balaban J connectivity index is 0. The van der Waals surface area contributed by atoms with E-state index in [1.54, 1.807) is 0 Å². The third kappa shape index (κ3) is 8.09. The molecule has 0 aromatic heterocycles. The summed E-state index contributed by atoms with van der Waals surface area (Å²) in [6, 6.07) is 0.919. The highest BCUT2D eigenvalue weighted by Crippen LogP contribution is 2.17.